The molecule has 0 aliphatic rings. The third-order valence-corrected chi connectivity index (χ3v) is 2.31. The van der Waals surface area contributed by atoms with Gasteiger partial charge in [0.25, 0.3) is 0 Å². The van der Waals surface area contributed by atoms with Crippen LogP contribution in [-0.2, 0) is 10.9 Å². The highest BCUT2D eigenvalue weighted by molar-refractivity contribution is 5.31. The number of ether oxygens (including phenoxy) is 2. The third kappa shape index (κ3) is 6.61. The van der Waals surface area contributed by atoms with Crippen LogP contribution in [0.4, 0.5) is 19.1 Å². The lowest BCUT2D eigenvalue weighted by Gasteiger charge is -2.12. The van der Waals surface area contributed by atoms with Gasteiger partial charge in [-0.1, -0.05) is 6.92 Å². The van der Waals surface area contributed by atoms with Crippen molar-refractivity contribution >= 4 is 5.95 Å². The lowest BCUT2D eigenvalue weighted by atomic mass is 10.4. The number of halogens is 3. The molecule has 0 atom stereocenters. The van der Waals surface area contributed by atoms with E-state index >= 15 is 0 Å². The van der Waals surface area contributed by atoms with Crippen LogP contribution in [0, 0.1) is 0 Å². The molecule has 5 nitrogen and oxygen atoms in total. The predicted molar refractivity (Wildman–Crippen MR) is 72.4 cm³/mol. The molecule has 0 aromatic carbocycles. The SMILES string of the molecule is CCCNc1nc(OCCOC(C)C)cc(C(F)(F)F)n1. The molecule has 1 N–H and O–H groups in total. The summed E-state index contributed by atoms with van der Waals surface area (Å²) in [6.45, 7) is 6.50. The fourth-order valence-electron chi connectivity index (χ4n) is 1.39. The summed E-state index contributed by atoms with van der Waals surface area (Å²) in [7, 11) is 0. The summed E-state index contributed by atoms with van der Waals surface area (Å²) >= 11 is 0. The van der Waals surface area contributed by atoms with Crippen molar-refractivity contribution in [2.24, 2.45) is 0 Å². The zero-order valence-electron chi connectivity index (χ0n) is 12.3. The van der Waals surface area contributed by atoms with Crippen LogP contribution in [0.3, 0.4) is 0 Å². The number of alkyl halides is 3. The monoisotopic (exact) mass is 307 g/mol. The predicted octanol–water partition coefficient (Wildman–Crippen LogP) is 3.12. The molecule has 0 aliphatic carbocycles. The highest BCUT2D eigenvalue weighted by atomic mass is 19.4. The first-order chi connectivity index (χ1) is 9.82. The zero-order chi connectivity index (χ0) is 15.9. The second kappa shape index (κ2) is 8.02. The molecule has 0 saturated carbocycles. The summed E-state index contributed by atoms with van der Waals surface area (Å²) in [4.78, 5) is 7.34. The second-order valence-electron chi connectivity index (χ2n) is 4.61. The third-order valence-electron chi connectivity index (χ3n) is 2.31. The van der Waals surface area contributed by atoms with Gasteiger partial charge in [-0.05, 0) is 20.3 Å². The molecular formula is C13H20F3N3O2. The highest BCUT2D eigenvalue weighted by Crippen LogP contribution is 2.30. The largest absolute Gasteiger partial charge is 0.475 e. The minimum Gasteiger partial charge on any atom is -0.475 e. The van der Waals surface area contributed by atoms with E-state index in [0.29, 0.717) is 6.54 Å². The lowest BCUT2D eigenvalue weighted by molar-refractivity contribution is -0.141. The van der Waals surface area contributed by atoms with E-state index in [1.807, 2.05) is 20.8 Å². The van der Waals surface area contributed by atoms with E-state index < -0.39 is 11.9 Å². The fraction of sp³-hybridized carbons (Fsp3) is 0.692. The number of hydrogen-bond acceptors (Lipinski definition) is 5. The maximum Gasteiger partial charge on any atom is 0.433 e. The van der Waals surface area contributed by atoms with Crippen molar-refractivity contribution < 1.29 is 22.6 Å². The van der Waals surface area contributed by atoms with Gasteiger partial charge in [0.1, 0.15) is 6.61 Å². The van der Waals surface area contributed by atoms with Crippen LogP contribution in [0.2, 0.25) is 0 Å². The number of rotatable bonds is 8. The van der Waals surface area contributed by atoms with Crippen LogP contribution in [0.15, 0.2) is 6.07 Å². The Morgan fingerprint density at radius 3 is 2.52 bits per heavy atom. The molecule has 120 valence electrons. The van der Waals surface area contributed by atoms with E-state index in [0.717, 1.165) is 12.5 Å². The van der Waals surface area contributed by atoms with Gasteiger partial charge >= 0.3 is 6.18 Å². The van der Waals surface area contributed by atoms with Crippen molar-refractivity contribution in [3.8, 4) is 5.88 Å². The molecule has 0 aliphatic heterocycles. The molecule has 0 amide bonds. The highest BCUT2D eigenvalue weighted by Gasteiger charge is 2.34. The first kappa shape index (κ1) is 17.5. The summed E-state index contributed by atoms with van der Waals surface area (Å²) in [6.07, 6.45) is -3.76. The fourth-order valence-corrected chi connectivity index (χ4v) is 1.39. The number of nitrogens with zero attached hydrogens (tertiary/aromatic N) is 2. The van der Waals surface area contributed by atoms with Gasteiger partial charge in [-0.15, -0.1) is 0 Å². The van der Waals surface area contributed by atoms with Gasteiger partial charge in [0.2, 0.25) is 11.8 Å². The summed E-state index contributed by atoms with van der Waals surface area (Å²) in [6, 6.07) is 0.784. The molecule has 0 unspecified atom stereocenters. The van der Waals surface area contributed by atoms with Gasteiger partial charge in [-0.3, -0.25) is 0 Å². The number of hydrogen-bond donors (Lipinski definition) is 1. The number of aromatic nitrogens is 2. The quantitative estimate of drug-likeness (QED) is 0.748. The maximum absolute atomic E-state index is 12.8. The normalized spacial score (nSPS) is 11.8. The van der Waals surface area contributed by atoms with Crippen molar-refractivity contribution in [3.05, 3.63) is 11.8 Å². The van der Waals surface area contributed by atoms with Crippen LogP contribution in [0.25, 0.3) is 0 Å². The van der Waals surface area contributed by atoms with E-state index in [1.165, 1.54) is 0 Å². The molecular weight excluding hydrogens is 287 g/mol. The molecule has 1 aromatic rings. The number of anilines is 1. The Morgan fingerprint density at radius 2 is 1.95 bits per heavy atom. The van der Waals surface area contributed by atoms with E-state index in [9.17, 15) is 13.2 Å². The average molecular weight is 307 g/mol. The van der Waals surface area contributed by atoms with Gasteiger partial charge in [0, 0.05) is 12.6 Å². The van der Waals surface area contributed by atoms with Crippen molar-refractivity contribution in [1.82, 2.24) is 9.97 Å². The Bertz CT molecular complexity index is 439. The zero-order valence-corrected chi connectivity index (χ0v) is 12.3. The molecule has 1 aromatic heterocycles. The lowest BCUT2D eigenvalue weighted by Crippen LogP contribution is -2.15. The van der Waals surface area contributed by atoms with Crippen molar-refractivity contribution in [3.63, 3.8) is 0 Å². The molecule has 8 heteroatoms. The molecule has 0 bridgehead atoms. The van der Waals surface area contributed by atoms with E-state index in [1.54, 1.807) is 0 Å². The standard InChI is InChI=1S/C13H20F3N3O2/c1-4-5-17-12-18-10(13(14,15)16)8-11(19-12)21-7-6-20-9(2)3/h8-9H,4-7H2,1-3H3,(H,17,18,19). The summed E-state index contributed by atoms with van der Waals surface area (Å²) in [5, 5.41) is 2.72. The van der Waals surface area contributed by atoms with Crippen molar-refractivity contribution in [1.29, 1.82) is 0 Å². The smallest absolute Gasteiger partial charge is 0.433 e. The first-order valence-corrected chi connectivity index (χ1v) is 6.77. The molecule has 1 heterocycles. The van der Waals surface area contributed by atoms with Crippen LogP contribution < -0.4 is 10.1 Å². The second-order valence-corrected chi connectivity index (χ2v) is 4.61. The molecule has 0 spiro atoms. The van der Waals surface area contributed by atoms with Gasteiger partial charge in [0.05, 0.1) is 12.7 Å². The molecule has 1 rings (SSSR count). The molecule has 0 fully saturated rings. The first-order valence-electron chi connectivity index (χ1n) is 6.77. The van der Waals surface area contributed by atoms with Gasteiger partial charge in [-0.2, -0.15) is 18.2 Å². The Kier molecular flexibility index (Phi) is 6.67. The summed E-state index contributed by atoms with van der Waals surface area (Å²) in [5.74, 6) is -0.213. The van der Waals surface area contributed by atoms with Crippen LogP contribution in [0.1, 0.15) is 32.9 Å². The maximum atomic E-state index is 12.8. The Balaban J connectivity index is 2.76. The van der Waals surface area contributed by atoms with E-state index in [-0.39, 0.29) is 31.1 Å². The Morgan fingerprint density at radius 1 is 1.24 bits per heavy atom. The average Bonchev–Trinajstić information content (AvgIpc) is 2.40. The summed E-state index contributed by atoms with van der Waals surface area (Å²) < 4.78 is 48.7. The van der Waals surface area contributed by atoms with Crippen molar-refractivity contribution in [2.75, 3.05) is 25.1 Å². The topological polar surface area (TPSA) is 56.3 Å². The van der Waals surface area contributed by atoms with Gasteiger partial charge in [0.15, 0.2) is 5.69 Å². The van der Waals surface area contributed by atoms with Crippen LogP contribution in [0.5, 0.6) is 5.88 Å². The van der Waals surface area contributed by atoms with Crippen LogP contribution in [-0.4, -0.2) is 35.8 Å². The minimum atomic E-state index is -4.54. The Hall–Kier alpha value is -1.57. The van der Waals surface area contributed by atoms with Gasteiger partial charge in [-0.25, -0.2) is 4.98 Å². The van der Waals surface area contributed by atoms with Crippen LogP contribution >= 0.6 is 0 Å². The molecule has 0 radical (unpaired) electrons. The Labute approximate surface area is 121 Å². The van der Waals surface area contributed by atoms with Crippen molar-refractivity contribution in [2.45, 2.75) is 39.5 Å². The minimum absolute atomic E-state index is 0.0338. The summed E-state index contributed by atoms with van der Waals surface area (Å²) in [5.41, 5.74) is -1.03. The van der Waals surface area contributed by atoms with E-state index in [2.05, 4.69) is 15.3 Å². The molecule has 0 saturated heterocycles. The molecule has 21 heavy (non-hydrogen) atoms. The van der Waals surface area contributed by atoms with E-state index in [4.69, 9.17) is 9.47 Å². The van der Waals surface area contributed by atoms with Gasteiger partial charge < -0.3 is 14.8 Å². The number of nitrogens with one attached hydrogen (secondary N) is 1.